The van der Waals surface area contributed by atoms with Gasteiger partial charge in [-0.05, 0) is 74.0 Å². The monoisotopic (exact) mass is 317 g/mol. The normalized spacial score (nSPS) is 50.2. The molecule has 4 aliphatic rings. The summed E-state index contributed by atoms with van der Waals surface area (Å²) in [7, 11) is 0. The molecule has 6 unspecified atom stereocenters. The molecule has 1 N–H and O–H groups in total. The van der Waals surface area contributed by atoms with E-state index in [1.165, 1.54) is 25.7 Å². The lowest BCUT2D eigenvalue weighted by atomic mass is 9.46. The third-order valence-corrected chi connectivity index (χ3v) is 8.44. The molecule has 6 atom stereocenters. The van der Waals surface area contributed by atoms with E-state index in [0.717, 1.165) is 44.1 Å². The largest absolute Gasteiger partial charge is 0.356 e. The van der Waals surface area contributed by atoms with E-state index >= 15 is 0 Å². The highest BCUT2D eigenvalue weighted by Crippen LogP contribution is 2.63. The predicted molar refractivity (Wildman–Crippen MR) is 89.7 cm³/mol. The lowest BCUT2D eigenvalue weighted by Crippen LogP contribution is -2.54. The van der Waals surface area contributed by atoms with E-state index in [2.05, 4.69) is 19.2 Å². The molecule has 0 radical (unpaired) electrons. The highest BCUT2D eigenvalue weighted by atomic mass is 16.1. The summed E-state index contributed by atoms with van der Waals surface area (Å²) >= 11 is 0. The third-order valence-electron chi connectivity index (χ3n) is 8.44. The smallest absolute Gasteiger partial charge is 0.220 e. The topological polar surface area (TPSA) is 46.2 Å². The number of hydrogen-bond donors (Lipinski definition) is 1. The Kier molecular flexibility index (Phi) is 3.62. The van der Waals surface area contributed by atoms with Crippen LogP contribution in [-0.4, -0.2) is 18.2 Å². The first-order chi connectivity index (χ1) is 10.9. The molecule has 1 amide bonds. The number of amides is 1. The minimum absolute atomic E-state index is 0.0137. The Hall–Kier alpha value is -0.860. The van der Waals surface area contributed by atoms with Crippen LogP contribution in [0.5, 0.6) is 0 Å². The molecule has 23 heavy (non-hydrogen) atoms. The third kappa shape index (κ3) is 2.21. The maximum absolute atomic E-state index is 12.5. The molecular formula is C20H31NO2. The number of ketones is 1. The summed E-state index contributed by atoms with van der Waals surface area (Å²) in [6.07, 6.45) is 9.71. The quantitative estimate of drug-likeness (QED) is 0.740. The molecule has 4 fully saturated rings. The summed E-state index contributed by atoms with van der Waals surface area (Å²) in [5.74, 6) is 3.56. The Bertz CT molecular complexity index is 530. The highest BCUT2D eigenvalue weighted by molar-refractivity contribution is 5.87. The van der Waals surface area contributed by atoms with Gasteiger partial charge >= 0.3 is 0 Å². The Morgan fingerprint density at radius 2 is 1.78 bits per heavy atom. The first kappa shape index (κ1) is 15.7. The average Bonchev–Trinajstić information content (AvgIpc) is 2.81. The van der Waals surface area contributed by atoms with Gasteiger partial charge in [-0.15, -0.1) is 0 Å². The predicted octanol–water partition coefficient (Wildman–Crippen LogP) is 3.71. The van der Waals surface area contributed by atoms with E-state index in [9.17, 15) is 9.59 Å². The van der Waals surface area contributed by atoms with Crippen LogP contribution in [-0.2, 0) is 9.59 Å². The summed E-state index contributed by atoms with van der Waals surface area (Å²) in [5.41, 5.74) is 0.351. The zero-order chi connectivity index (χ0) is 16.2. The van der Waals surface area contributed by atoms with Gasteiger partial charge in [0, 0.05) is 24.8 Å². The molecule has 0 aromatic rings. The molecule has 3 aliphatic carbocycles. The van der Waals surface area contributed by atoms with Gasteiger partial charge in [-0.25, -0.2) is 0 Å². The van der Waals surface area contributed by atoms with Gasteiger partial charge < -0.3 is 5.32 Å². The van der Waals surface area contributed by atoms with Crippen LogP contribution < -0.4 is 5.32 Å². The number of Topliss-reactive ketones (excluding diaryl/α,β-unsaturated/α-hetero) is 1. The van der Waals surface area contributed by atoms with E-state index < -0.39 is 0 Å². The van der Waals surface area contributed by atoms with E-state index in [4.69, 9.17) is 0 Å². The fourth-order valence-electron chi connectivity index (χ4n) is 6.99. The van der Waals surface area contributed by atoms with Crippen molar-refractivity contribution < 1.29 is 9.59 Å². The number of hydrogen-bond acceptors (Lipinski definition) is 2. The number of fused-ring (bicyclic) bond motifs is 5. The number of rotatable bonds is 0. The van der Waals surface area contributed by atoms with Crippen LogP contribution in [0.3, 0.4) is 0 Å². The maximum Gasteiger partial charge on any atom is 0.220 e. The summed E-state index contributed by atoms with van der Waals surface area (Å²) in [6, 6.07) is 0. The number of carbonyl (C=O) groups excluding carboxylic acids is 2. The molecule has 0 aromatic carbocycles. The maximum atomic E-state index is 12.5. The van der Waals surface area contributed by atoms with Crippen molar-refractivity contribution in [2.75, 3.05) is 6.54 Å². The van der Waals surface area contributed by atoms with Gasteiger partial charge in [0.2, 0.25) is 5.91 Å². The van der Waals surface area contributed by atoms with Crippen molar-refractivity contribution in [2.45, 2.75) is 71.6 Å². The first-order valence-corrected chi connectivity index (χ1v) is 9.75. The second-order valence-corrected chi connectivity index (χ2v) is 9.23. The van der Waals surface area contributed by atoms with Gasteiger partial charge in [0.15, 0.2) is 0 Å². The molecule has 3 saturated carbocycles. The van der Waals surface area contributed by atoms with Crippen molar-refractivity contribution in [2.24, 2.45) is 34.5 Å². The lowest BCUT2D eigenvalue weighted by molar-refractivity contribution is -0.138. The Balaban J connectivity index is 1.62. The van der Waals surface area contributed by atoms with Crippen molar-refractivity contribution >= 4 is 11.7 Å². The summed E-state index contributed by atoms with van der Waals surface area (Å²) in [5, 5.41) is 3.17. The second kappa shape index (κ2) is 5.32. The number of nitrogens with one attached hydrogen (secondary N) is 1. The standard InChI is InChI=1S/C20H31NO2/c1-19-10-3-4-18(23)21-12-13(19)5-6-14-15-7-8-17(22)20(15,2)11-9-16(14)19/h13-16H,3-12H2,1-2H3,(H,21,23). The van der Waals surface area contributed by atoms with Crippen molar-refractivity contribution in [1.29, 1.82) is 0 Å². The van der Waals surface area contributed by atoms with Crippen LogP contribution in [0, 0.1) is 34.5 Å². The van der Waals surface area contributed by atoms with Gasteiger partial charge in [-0.3, -0.25) is 9.59 Å². The Morgan fingerprint density at radius 3 is 2.61 bits per heavy atom. The van der Waals surface area contributed by atoms with Crippen LogP contribution in [0.15, 0.2) is 0 Å². The Labute approximate surface area is 140 Å². The van der Waals surface area contributed by atoms with E-state index in [-0.39, 0.29) is 11.3 Å². The highest BCUT2D eigenvalue weighted by Gasteiger charge is 2.59. The molecule has 3 heteroatoms. The molecule has 1 aliphatic heterocycles. The van der Waals surface area contributed by atoms with Crippen molar-refractivity contribution in [3.63, 3.8) is 0 Å². The van der Waals surface area contributed by atoms with Crippen LogP contribution in [0.25, 0.3) is 0 Å². The van der Waals surface area contributed by atoms with Gasteiger partial charge in [0.1, 0.15) is 5.78 Å². The molecule has 1 saturated heterocycles. The van der Waals surface area contributed by atoms with E-state index in [0.29, 0.717) is 29.5 Å². The molecule has 0 spiro atoms. The van der Waals surface area contributed by atoms with Crippen LogP contribution in [0.2, 0.25) is 0 Å². The molecule has 0 aromatic heterocycles. The van der Waals surface area contributed by atoms with E-state index in [1.807, 2.05) is 0 Å². The SMILES string of the molecule is CC12CCC3C(CCC4CNC(=O)CCCC43C)C1CCC2=O. The van der Waals surface area contributed by atoms with Crippen molar-refractivity contribution in [1.82, 2.24) is 5.32 Å². The van der Waals surface area contributed by atoms with Crippen LogP contribution >= 0.6 is 0 Å². The lowest BCUT2D eigenvalue weighted by Gasteiger charge is -2.58. The minimum Gasteiger partial charge on any atom is -0.356 e. The summed E-state index contributed by atoms with van der Waals surface area (Å²) in [6.45, 7) is 5.64. The molecule has 0 bridgehead atoms. The molecule has 3 nitrogen and oxygen atoms in total. The summed E-state index contributed by atoms with van der Waals surface area (Å²) < 4.78 is 0. The van der Waals surface area contributed by atoms with Crippen LogP contribution in [0.1, 0.15) is 71.6 Å². The fraction of sp³-hybridized carbons (Fsp3) is 0.900. The fourth-order valence-corrected chi connectivity index (χ4v) is 6.99. The molecular weight excluding hydrogens is 286 g/mol. The van der Waals surface area contributed by atoms with Gasteiger partial charge in [0.05, 0.1) is 0 Å². The van der Waals surface area contributed by atoms with E-state index in [1.54, 1.807) is 0 Å². The average molecular weight is 317 g/mol. The van der Waals surface area contributed by atoms with Gasteiger partial charge in [0.25, 0.3) is 0 Å². The minimum atomic E-state index is -0.0137. The zero-order valence-corrected chi connectivity index (χ0v) is 14.7. The Morgan fingerprint density at radius 1 is 0.957 bits per heavy atom. The van der Waals surface area contributed by atoms with Crippen molar-refractivity contribution in [3.05, 3.63) is 0 Å². The second-order valence-electron chi connectivity index (χ2n) is 9.23. The molecule has 128 valence electrons. The van der Waals surface area contributed by atoms with Gasteiger partial charge in [-0.1, -0.05) is 13.8 Å². The van der Waals surface area contributed by atoms with Gasteiger partial charge in [-0.2, -0.15) is 0 Å². The number of carbonyl (C=O) groups is 2. The van der Waals surface area contributed by atoms with Crippen LogP contribution in [0.4, 0.5) is 0 Å². The zero-order valence-electron chi connectivity index (χ0n) is 14.7. The summed E-state index contributed by atoms with van der Waals surface area (Å²) in [4.78, 5) is 24.2. The first-order valence-electron chi connectivity index (χ1n) is 9.75. The van der Waals surface area contributed by atoms with Crippen molar-refractivity contribution in [3.8, 4) is 0 Å². The molecule has 1 heterocycles. The molecule has 4 rings (SSSR count).